The summed E-state index contributed by atoms with van der Waals surface area (Å²) in [6.07, 6.45) is 6.68. The molecule has 1 aliphatic rings. The summed E-state index contributed by atoms with van der Waals surface area (Å²) < 4.78 is 23.5. The second kappa shape index (κ2) is 8.52. The van der Waals surface area contributed by atoms with Gasteiger partial charge < -0.3 is 18.6 Å². The number of likely N-dealkylation sites (tertiary alicyclic amines) is 1. The monoisotopic (exact) mass is 476 g/mol. The van der Waals surface area contributed by atoms with E-state index in [4.69, 9.17) is 4.74 Å². The maximum Gasteiger partial charge on any atom is 0.410 e. The van der Waals surface area contributed by atoms with E-state index >= 15 is 0 Å². The molecule has 182 valence electrons. The van der Waals surface area contributed by atoms with E-state index in [9.17, 15) is 14.0 Å². The van der Waals surface area contributed by atoms with Gasteiger partial charge in [-0.1, -0.05) is 6.07 Å². The maximum absolute atomic E-state index is 14.6. The summed E-state index contributed by atoms with van der Waals surface area (Å²) >= 11 is 0. The van der Waals surface area contributed by atoms with E-state index in [1.54, 1.807) is 32.3 Å². The van der Waals surface area contributed by atoms with Crippen LogP contribution in [0.2, 0.25) is 0 Å². The average Bonchev–Trinajstić information content (AvgIpc) is 3.19. The zero-order valence-electron chi connectivity index (χ0n) is 20.4. The third-order valence-corrected chi connectivity index (χ3v) is 6.33. The van der Waals surface area contributed by atoms with Gasteiger partial charge in [0.1, 0.15) is 5.60 Å². The van der Waals surface area contributed by atoms with Gasteiger partial charge in [-0.3, -0.25) is 4.79 Å². The molecule has 7 nitrogen and oxygen atoms in total. The van der Waals surface area contributed by atoms with E-state index in [-0.39, 0.29) is 17.7 Å². The lowest BCUT2D eigenvalue weighted by molar-refractivity contribution is 0.0171. The molecule has 1 fully saturated rings. The summed E-state index contributed by atoms with van der Waals surface area (Å²) in [6.45, 7) is 8.41. The third-order valence-electron chi connectivity index (χ3n) is 6.33. The molecule has 0 aliphatic carbocycles. The van der Waals surface area contributed by atoms with Crippen molar-refractivity contribution in [2.75, 3.05) is 13.1 Å². The first kappa shape index (κ1) is 23.1. The number of halogens is 1. The van der Waals surface area contributed by atoms with Crippen molar-refractivity contribution in [2.45, 2.75) is 52.2 Å². The van der Waals surface area contributed by atoms with Crippen LogP contribution >= 0.6 is 0 Å². The molecule has 0 spiro atoms. The summed E-state index contributed by atoms with van der Waals surface area (Å²) in [5.41, 5.74) is 1.90. The van der Waals surface area contributed by atoms with Crippen LogP contribution in [0.15, 0.2) is 53.7 Å². The number of imidazole rings is 1. The van der Waals surface area contributed by atoms with Gasteiger partial charge in [-0.15, -0.1) is 0 Å². The van der Waals surface area contributed by atoms with Crippen molar-refractivity contribution >= 4 is 22.5 Å². The minimum atomic E-state index is -0.564. The van der Waals surface area contributed by atoms with E-state index < -0.39 is 11.4 Å². The van der Waals surface area contributed by atoms with Gasteiger partial charge in [0.25, 0.3) is 5.56 Å². The summed E-state index contributed by atoms with van der Waals surface area (Å²) in [7, 11) is 0. The predicted molar refractivity (Wildman–Crippen MR) is 133 cm³/mol. The zero-order chi connectivity index (χ0) is 24.9. The Morgan fingerprint density at radius 2 is 1.94 bits per heavy atom. The molecule has 1 aliphatic heterocycles. The molecule has 3 aromatic heterocycles. The number of hydrogen-bond acceptors (Lipinski definition) is 4. The fourth-order valence-electron chi connectivity index (χ4n) is 4.74. The molecule has 1 aromatic carbocycles. The molecular formula is C27H29FN4O3. The van der Waals surface area contributed by atoms with Crippen LogP contribution in [0.3, 0.4) is 0 Å². The number of carbonyl (C=O) groups is 1. The number of aromatic nitrogens is 3. The highest BCUT2D eigenvalue weighted by Crippen LogP contribution is 2.27. The number of hydrogen-bond donors (Lipinski definition) is 0. The quantitative estimate of drug-likeness (QED) is 0.392. The molecule has 1 amide bonds. The smallest absolute Gasteiger partial charge is 0.410 e. The first-order chi connectivity index (χ1) is 16.6. The predicted octanol–water partition coefficient (Wildman–Crippen LogP) is 5.34. The molecule has 4 heterocycles. The molecule has 0 N–H and O–H groups in total. The van der Waals surface area contributed by atoms with Gasteiger partial charge in [-0.25, -0.2) is 14.2 Å². The van der Waals surface area contributed by atoms with Crippen molar-refractivity contribution in [2.24, 2.45) is 0 Å². The van der Waals surface area contributed by atoms with Gasteiger partial charge in [0.2, 0.25) is 0 Å². The molecular weight excluding hydrogens is 447 g/mol. The van der Waals surface area contributed by atoms with Crippen LogP contribution in [0.5, 0.6) is 0 Å². The van der Waals surface area contributed by atoms with Crippen LogP contribution in [0, 0.1) is 12.7 Å². The van der Waals surface area contributed by atoms with Crippen LogP contribution in [0.25, 0.3) is 27.5 Å². The number of pyridine rings is 2. The molecule has 0 saturated carbocycles. The number of nitrogens with zero attached hydrogens (tertiary/aromatic N) is 4. The van der Waals surface area contributed by atoms with Crippen LogP contribution in [0.4, 0.5) is 9.18 Å². The van der Waals surface area contributed by atoms with Crippen molar-refractivity contribution in [3.05, 3.63) is 70.8 Å². The number of rotatable bonds is 2. The molecule has 1 atom stereocenters. The van der Waals surface area contributed by atoms with Gasteiger partial charge in [0, 0.05) is 42.6 Å². The van der Waals surface area contributed by atoms with Gasteiger partial charge in [-0.05, 0) is 75.8 Å². The molecule has 4 aromatic rings. The first-order valence-electron chi connectivity index (χ1n) is 11.9. The number of ether oxygens (including phenoxy) is 1. The Kier molecular flexibility index (Phi) is 5.62. The topological polar surface area (TPSA) is 68.8 Å². The minimum Gasteiger partial charge on any atom is -0.444 e. The lowest BCUT2D eigenvalue weighted by atomic mass is 10.0. The number of carbonyl (C=O) groups excluding carboxylic acids is 1. The van der Waals surface area contributed by atoms with Crippen molar-refractivity contribution in [1.29, 1.82) is 0 Å². The van der Waals surface area contributed by atoms with Gasteiger partial charge in [-0.2, -0.15) is 0 Å². The number of fused-ring (bicyclic) bond motifs is 2. The Bertz CT molecular complexity index is 1500. The number of aryl methyl sites for hydroxylation is 1. The normalized spacial score (nSPS) is 16.7. The number of benzene rings is 1. The molecule has 1 unspecified atom stereocenters. The third kappa shape index (κ3) is 4.52. The SMILES string of the molecule is Cc1cn2cc(-c3ccc4c(=O)n(C5CCCN(C(=O)OC(C)(C)C)C5)ccc4c3)cc(F)c2n1. The highest BCUT2D eigenvalue weighted by atomic mass is 19.1. The van der Waals surface area contributed by atoms with E-state index in [0.29, 0.717) is 29.7 Å². The zero-order valence-corrected chi connectivity index (χ0v) is 20.4. The minimum absolute atomic E-state index is 0.100. The number of amides is 1. The second-order valence-electron chi connectivity index (χ2n) is 10.2. The lowest BCUT2D eigenvalue weighted by Crippen LogP contribution is -2.44. The van der Waals surface area contributed by atoms with E-state index in [0.717, 1.165) is 29.5 Å². The van der Waals surface area contributed by atoms with Crippen LogP contribution in [-0.4, -0.2) is 43.6 Å². The van der Waals surface area contributed by atoms with E-state index in [1.807, 2.05) is 52.1 Å². The highest BCUT2D eigenvalue weighted by Gasteiger charge is 2.29. The van der Waals surface area contributed by atoms with Crippen LogP contribution in [-0.2, 0) is 4.74 Å². The lowest BCUT2D eigenvalue weighted by Gasteiger charge is -2.34. The van der Waals surface area contributed by atoms with E-state index in [2.05, 4.69) is 4.98 Å². The van der Waals surface area contributed by atoms with Crippen molar-refractivity contribution < 1.29 is 13.9 Å². The Balaban J connectivity index is 1.45. The van der Waals surface area contributed by atoms with Gasteiger partial charge in [0.15, 0.2) is 11.5 Å². The fraction of sp³-hybridized carbons (Fsp3) is 0.370. The first-order valence-corrected chi connectivity index (χ1v) is 11.9. The fourth-order valence-corrected chi connectivity index (χ4v) is 4.74. The highest BCUT2D eigenvalue weighted by molar-refractivity contribution is 5.86. The number of piperidine rings is 1. The summed E-state index contributed by atoms with van der Waals surface area (Å²) in [6, 6.07) is 8.79. The second-order valence-corrected chi connectivity index (χ2v) is 10.2. The van der Waals surface area contributed by atoms with Crippen molar-refractivity contribution in [3.63, 3.8) is 0 Å². The summed E-state index contributed by atoms with van der Waals surface area (Å²) in [4.78, 5) is 31.8. The molecule has 8 heteroatoms. The van der Waals surface area contributed by atoms with Gasteiger partial charge >= 0.3 is 6.09 Å². The standard InChI is InChI=1S/C27H29FN4O3/c1-17-14-31-15-20(13-23(28)24(31)29-17)18-7-8-22-19(12-18)9-11-32(25(22)33)21-6-5-10-30(16-21)26(34)35-27(2,3)4/h7-9,11-15,21H,5-6,10,16H2,1-4H3. The molecule has 0 bridgehead atoms. The Morgan fingerprint density at radius 1 is 1.14 bits per heavy atom. The maximum atomic E-state index is 14.6. The van der Waals surface area contributed by atoms with Gasteiger partial charge in [0.05, 0.1) is 11.7 Å². The Morgan fingerprint density at radius 3 is 2.71 bits per heavy atom. The van der Waals surface area contributed by atoms with Crippen LogP contribution in [0.1, 0.15) is 45.3 Å². The summed E-state index contributed by atoms with van der Waals surface area (Å²) in [5.74, 6) is -0.391. The Hall–Kier alpha value is -3.68. The molecule has 1 saturated heterocycles. The largest absolute Gasteiger partial charge is 0.444 e. The van der Waals surface area contributed by atoms with E-state index in [1.165, 1.54) is 6.07 Å². The Labute approximate surface area is 202 Å². The molecule has 0 radical (unpaired) electrons. The molecule has 35 heavy (non-hydrogen) atoms. The molecule has 5 rings (SSSR count). The van der Waals surface area contributed by atoms with Crippen molar-refractivity contribution in [1.82, 2.24) is 18.9 Å². The van der Waals surface area contributed by atoms with Crippen molar-refractivity contribution in [3.8, 4) is 11.1 Å². The summed E-state index contributed by atoms with van der Waals surface area (Å²) in [5, 5.41) is 1.37. The van der Waals surface area contributed by atoms with Crippen LogP contribution < -0.4 is 5.56 Å². The average molecular weight is 477 g/mol.